The molecule has 0 unspecified atom stereocenters. The number of carbonyl (C=O) groups excluding carboxylic acids is 2. The molecule has 0 N–H and O–H groups in total. The summed E-state index contributed by atoms with van der Waals surface area (Å²) in [5.74, 6) is -0.704. The molecule has 0 aromatic carbocycles. The van der Waals surface area contributed by atoms with Crippen LogP contribution < -0.4 is 0 Å². The lowest BCUT2D eigenvalue weighted by molar-refractivity contribution is -0.166. The molecule has 0 fully saturated rings. The lowest BCUT2D eigenvalue weighted by atomic mass is 9.83. The van der Waals surface area contributed by atoms with Crippen LogP contribution in [0.25, 0.3) is 0 Å². The Labute approximate surface area is 148 Å². The van der Waals surface area contributed by atoms with E-state index in [1.165, 1.54) is 0 Å². The quantitative estimate of drug-likeness (QED) is 0.590. The molecular weight excluding hydrogens is 304 g/mol. The second-order valence-corrected chi connectivity index (χ2v) is 10.4. The van der Waals surface area contributed by atoms with Crippen LogP contribution in [0.3, 0.4) is 0 Å². The van der Waals surface area contributed by atoms with Crippen molar-refractivity contribution in [1.29, 1.82) is 0 Å². The van der Waals surface area contributed by atoms with E-state index in [9.17, 15) is 9.59 Å². The van der Waals surface area contributed by atoms with Crippen molar-refractivity contribution < 1.29 is 19.1 Å². The molecule has 0 aliphatic rings. The lowest BCUT2D eigenvalue weighted by Crippen LogP contribution is -2.34. The van der Waals surface area contributed by atoms with Gasteiger partial charge < -0.3 is 9.47 Å². The summed E-state index contributed by atoms with van der Waals surface area (Å²) in [5.41, 5.74) is -0.936. The van der Waals surface area contributed by atoms with E-state index in [0.29, 0.717) is 0 Å². The Morgan fingerprint density at radius 1 is 0.583 bits per heavy atom. The SMILES string of the molecule is CC(C)(C)CC(C)(C)OC(=O)CCC(=O)OC(C)(C)CC(C)(C)C. The minimum absolute atomic E-state index is 0.0536. The molecule has 0 amide bonds. The highest BCUT2D eigenvalue weighted by molar-refractivity contribution is 5.78. The minimum atomic E-state index is -0.537. The van der Waals surface area contributed by atoms with Gasteiger partial charge in [0.05, 0.1) is 12.8 Å². The molecular formula is C20H38O4. The average Bonchev–Trinajstić information content (AvgIpc) is 2.17. The van der Waals surface area contributed by atoms with Crippen molar-refractivity contribution >= 4 is 11.9 Å². The highest BCUT2D eigenvalue weighted by Crippen LogP contribution is 2.31. The smallest absolute Gasteiger partial charge is 0.306 e. The Morgan fingerprint density at radius 3 is 1.04 bits per heavy atom. The van der Waals surface area contributed by atoms with Gasteiger partial charge in [0.25, 0.3) is 0 Å². The van der Waals surface area contributed by atoms with E-state index in [-0.39, 0.29) is 35.6 Å². The summed E-state index contributed by atoms with van der Waals surface area (Å²) in [6.45, 7) is 20.3. The van der Waals surface area contributed by atoms with Crippen molar-refractivity contribution in [3.05, 3.63) is 0 Å². The summed E-state index contributed by atoms with van der Waals surface area (Å²) in [5, 5.41) is 0. The first kappa shape index (κ1) is 22.9. The van der Waals surface area contributed by atoms with Crippen molar-refractivity contribution in [2.75, 3.05) is 0 Å². The van der Waals surface area contributed by atoms with Crippen LogP contribution in [-0.2, 0) is 19.1 Å². The monoisotopic (exact) mass is 342 g/mol. The number of ether oxygens (including phenoxy) is 2. The zero-order chi connectivity index (χ0) is 19.4. The molecule has 4 heteroatoms. The summed E-state index contributed by atoms with van der Waals surface area (Å²) in [6, 6.07) is 0. The van der Waals surface area contributed by atoms with Gasteiger partial charge in [-0.3, -0.25) is 9.59 Å². The van der Waals surface area contributed by atoms with Gasteiger partial charge in [-0.15, -0.1) is 0 Å². The number of hydrogen-bond acceptors (Lipinski definition) is 4. The molecule has 0 saturated heterocycles. The normalized spacial score (nSPS) is 13.6. The van der Waals surface area contributed by atoms with Crippen LogP contribution in [-0.4, -0.2) is 23.1 Å². The standard InChI is InChI=1S/C20H38O4/c1-17(2,3)13-19(7,8)23-15(21)11-12-16(22)24-20(9,10)14-18(4,5)6/h11-14H2,1-10H3. The molecule has 0 atom stereocenters. The highest BCUT2D eigenvalue weighted by atomic mass is 16.6. The van der Waals surface area contributed by atoms with Crippen molar-refractivity contribution in [2.45, 2.75) is 106 Å². The zero-order valence-corrected chi connectivity index (χ0v) is 17.5. The maximum atomic E-state index is 12.0. The fraction of sp³-hybridized carbons (Fsp3) is 0.900. The van der Waals surface area contributed by atoms with Gasteiger partial charge in [0.15, 0.2) is 0 Å². The minimum Gasteiger partial charge on any atom is -0.460 e. The molecule has 0 aliphatic heterocycles. The summed E-state index contributed by atoms with van der Waals surface area (Å²) in [4.78, 5) is 24.0. The number of carbonyl (C=O) groups is 2. The van der Waals surface area contributed by atoms with E-state index in [0.717, 1.165) is 12.8 Å². The van der Waals surface area contributed by atoms with Gasteiger partial charge in [-0.05, 0) is 51.4 Å². The van der Waals surface area contributed by atoms with Gasteiger partial charge in [0.2, 0.25) is 0 Å². The van der Waals surface area contributed by atoms with Crippen molar-refractivity contribution in [3.8, 4) is 0 Å². The molecule has 0 spiro atoms. The Hall–Kier alpha value is -1.06. The summed E-state index contributed by atoms with van der Waals surface area (Å²) < 4.78 is 11.1. The second-order valence-electron chi connectivity index (χ2n) is 10.4. The van der Waals surface area contributed by atoms with Crippen LogP contribution in [0, 0.1) is 10.8 Å². The first-order valence-corrected chi connectivity index (χ1v) is 8.85. The molecule has 0 aromatic rings. The molecule has 0 radical (unpaired) electrons. The summed E-state index contributed by atoms with van der Waals surface area (Å²) in [6.07, 6.45) is 1.62. The predicted octanol–water partition coefficient (Wildman–Crippen LogP) is 5.28. The predicted molar refractivity (Wildman–Crippen MR) is 97.7 cm³/mol. The second kappa shape index (κ2) is 7.88. The fourth-order valence-electron chi connectivity index (χ4n) is 3.55. The van der Waals surface area contributed by atoms with Crippen molar-refractivity contribution in [1.82, 2.24) is 0 Å². The molecule has 24 heavy (non-hydrogen) atoms. The van der Waals surface area contributed by atoms with E-state index >= 15 is 0 Å². The first-order chi connectivity index (χ1) is 10.4. The van der Waals surface area contributed by atoms with Crippen molar-refractivity contribution in [2.24, 2.45) is 10.8 Å². The largest absolute Gasteiger partial charge is 0.460 e. The third-order valence-corrected chi connectivity index (χ3v) is 3.23. The third kappa shape index (κ3) is 12.4. The van der Waals surface area contributed by atoms with Crippen molar-refractivity contribution in [3.63, 3.8) is 0 Å². The number of rotatable bonds is 7. The maximum absolute atomic E-state index is 12.0. The van der Waals surface area contributed by atoms with Crippen LogP contribution in [0.1, 0.15) is 94.9 Å². The van der Waals surface area contributed by atoms with Crippen LogP contribution in [0.2, 0.25) is 0 Å². The average molecular weight is 343 g/mol. The van der Waals surface area contributed by atoms with Crippen LogP contribution in [0.5, 0.6) is 0 Å². The fourth-order valence-corrected chi connectivity index (χ4v) is 3.55. The van der Waals surface area contributed by atoms with Gasteiger partial charge in [0.1, 0.15) is 11.2 Å². The van der Waals surface area contributed by atoms with E-state index in [1.54, 1.807) is 0 Å². The third-order valence-electron chi connectivity index (χ3n) is 3.23. The van der Waals surface area contributed by atoms with Gasteiger partial charge in [-0.2, -0.15) is 0 Å². The van der Waals surface area contributed by atoms with E-state index in [4.69, 9.17) is 9.47 Å². The molecule has 0 aromatic heterocycles. The highest BCUT2D eigenvalue weighted by Gasteiger charge is 2.31. The number of esters is 2. The topological polar surface area (TPSA) is 52.6 Å². The van der Waals surface area contributed by atoms with Gasteiger partial charge in [0, 0.05) is 0 Å². The Morgan fingerprint density at radius 2 is 0.833 bits per heavy atom. The lowest BCUT2D eigenvalue weighted by Gasteiger charge is -2.33. The Bertz CT molecular complexity index is 392. The van der Waals surface area contributed by atoms with E-state index < -0.39 is 11.2 Å². The molecule has 0 rings (SSSR count). The number of hydrogen-bond donors (Lipinski definition) is 0. The van der Waals surface area contributed by atoms with Gasteiger partial charge in [-0.25, -0.2) is 0 Å². The zero-order valence-electron chi connectivity index (χ0n) is 17.5. The Balaban J connectivity index is 4.39. The maximum Gasteiger partial charge on any atom is 0.306 e. The molecule has 0 aliphatic carbocycles. The molecule has 0 saturated carbocycles. The summed E-state index contributed by atoms with van der Waals surface area (Å²) >= 11 is 0. The van der Waals surface area contributed by atoms with Crippen LogP contribution in [0.15, 0.2) is 0 Å². The molecule has 0 bridgehead atoms. The van der Waals surface area contributed by atoms with Crippen LogP contribution >= 0.6 is 0 Å². The van der Waals surface area contributed by atoms with E-state index in [2.05, 4.69) is 41.5 Å². The molecule has 4 nitrogen and oxygen atoms in total. The summed E-state index contributed by atoms with van der Waals surface area (Å²) in [7, 11) is 0. The molecule has 0 heterocycles. The van der Waals surface area contributed by atoms with Gasteiger partial charge >= 0.3 is 11.9 Å². The van der Waals surface area contributed by atoms with E-state index in [1.807, 2.05) is 27.7 Å². The first-order valence-electron chi connectivity index (χ1n) is 8.85. The Kier molecular flexibility index (Phi) is 7.53. The van der Waals surface area contributed by atoms with Crippen LogP contribution in [0.4, 0.5) is 0 Å². The molecule has 142 valence electrons. The van der Waals surface area contributed by atoms with Gasteiger partial charge in [-0.1, -0.05) is 41.5 Å².